The molecule has 2 atom stereocenters. The first-order chi connectivity index (χ1) is 4.40. The Morgan fingerprint density at radius 3 is 2.40 bits per heavy atom. The molecule has 0 aromatic carbocycles. The van der Waals surface area contributed by atoms with Gasteiger partial charge in [-0.25, -0.2) is 8.42 Å². The van der Waals surface area contributed by atoms with Gasteiger partial charge in [0.1, 0.15) is 5.54 Å². The van der Waals surface area contributed by atoms with E-state index in [4.69, 9.17) is 11.0 Å². The molecule has 0 unspecified atom stereocenters. The Hall–Kier alpha value is -0.600. The maximum atomic E-state index is 10.7. The molecule has 0 aliphatic heterocycles. The topological polar surface area (TPSA) is 83.9 Å². The highest BCUT2D eigenvalue weighted by molar-refractivity contribution is 7.91. The molecule has 0 aromatic heterocycles. The Labute approximate surface area is 59.6 Å². The molecule has 1 rings (SSSR count). The normalized spacial score (nSPS) is 38.7. The molecule has 0 radical (unpaired) electrons. The van der Waals surface area contributed by atoms with Gasteiger partial charge in [-0.15, -0.1) is 0 Å². The quantitative estimate of drug-likeness (QED) is 0.534. The standard InChI is InChI=1S/C5H8N2O2S/c1-10(8,9)4-2-5(4,7)3-6/h4H,2,7H2,1H3/t4-,5-/m1/s1. The molecular weight excluding hydrogens is 152 g/mol. The monoisotopic (exact) mass is 160 g/mol. The van der Waals surface area contributed by atoms with E-state index >= 15 is 0 Å². The van der Waals surface area contributed by atoms with E-state index in [1.54, 1.807) is 6.07 Å². The highest BCUT2D eigenvalue weighted by Gasteiger charge is 2.58. The lowest BCUT2D eigenvalue weighted by Gasteiger charge is -1.96. The number of nitrogens with zero attached hydrogens (tertiary/aromatic N) is 1. The minimum atomic E-state index is -3.10. The largest absolute Gasteiger partial charge is 0.312 e. The van der Waals surface area contributed by atoms with E-state index in [1.807, 2.05) is 0 Å². The maximum absolute atomic E-state index is 10.7. The van der Waals surface area contributed by atoms with Crippen LogP contribution in [0.1, 0.15) is 6.42 Å². The second-order valence-corrected chi connectivity index (χ2v) is 4.90. The van der Waals surface area contributed by atoms with Crippen LogP contribution in [0.15, 0.2) is 0 Å². The number of hydrogen-bond acceptors (Lipinski definition) is 4. The van der Waals surface area contributed by atoms with Crippen LogP contribution in [0.4, 0.5) is 0 Å². The maximum Gasteiger partial charge on any atom is 0.153 e. The highest BCUT2D eigenvalue weighted by Crippen LogP contribution is 2.38. The van der Waals surface area contributed by atoms with Gasteiger partial charge in [0.15, 0.2) is 9.84 Å². The van der Waals surface area contributed by atoms with Gasteiger partial charge in [0, 0.05) is 6.26 Å². The summed E-state index contributed by atoms with van der Waals surface area (Å²) in [5.41, 5.74) is 4.25. The van der Waals surface area contributed by atoms with E-state index < -0.39 is 20.6 Å². The summed E-state index contributed by atoms with van der Waals surface area (Å²) in [6.07, 6.45) is 1.38. The Morgan fingerprint density at radius 1 is 1.80 bits per heavy atom. The van der Waals surface area contributed by atoms with Crippen molar-refractivity contribution in [3.05, 3.63) is 0 Å². The molecule has 56 valence electrons. The third-order valence-electron chi connectivity index (χ3n) is 1.66. The first-order valence-electron chi connectivity index (χ1n) is 2.79. The zero-order valence-electron chi connectivity index (χ0n) is 5.53. The summed E-state index contributed by atoms with van der Waals surface area (Å²) < 4.78 is 21.5. The van der Waals surface area contributed by atoms with Crippen LogP contribution in [0, 0.1) is 11.3 Å². The van der Waals surface area contributed by atoms with E-state index in [1.165, 1.54) is 0 Å². The molecule has 10 heavy (non-hydrogen) atoms. The number of nitriles is 1. The number of nitrogens with two attached hydrogens (primary N) is 1. The lowest BCUT2D eigenvalue weighted by molar-refractivity contribution is 0.598. The van der Waals surface area contributed by atoms with Crippen LogP contribution in [-0.2, 0) is 9.84 Å². The van der Waals surface area contributed by atoms with Gasteiger partial charge >= 0.3 is 0 Å². The summed E-state index contributed by atoms with van der Waals surface area (Å²) in [6.45, 7) is 0. The van der Waals surface area contributed by atoms with Crippen LogP contribution >= 0.6 is 0 Å². The van der Waals surface area contributed by atoms with Gasteiger partial charge in [-0.05, 0) is 6.42 Å². The summed E-state index contributed by atoms with van der Waals surface area (Å²) in [5, 5.41) is 7.73. The van der Waals surface area contributed by atoms with Crippen LogP contribution in [0.25, 0.3) is 0 Å². The average Bonchev–Trinajstić information content (AvgIpc) is 2.43. The third-order valence-corrected chi connectivity index (χ3v) is 3.28. The van der Waals surface area contributed by atoms with Crippen molar-refractivity contribution >= 4 is 9.84 Å². The SMILES string of the molecule is CS(=O)(=O)[C@@H]1C[C@@]1(N)C#N. The second-order valence-electron chi connectivity index (χ2n) is 2.67. The molecule has 4 nitrogen and oxygen atoms in total. The highest BCUT2D eigenvalue weighted by atomic mass is 32.2. The van der Waals surface area contributed by atoms with Gasteiger partial charge in [-0.1, -0.05) is 0 Å². The fourth-order valence-corrected chi connectivity index (χ4v) is 2.29. The van der Waals surface area contributed by atoms with Crippen molar-refractivity contribution in [2.45, 2.75) is 17.2 Å². The van der Waals surface area contributed by atoms with Gasteiger partial charge in [-0.3, -0.25) is 0 Å². The lowest BCUT2D eigenvalue weighted by Crippen LogP contribution is -2.27. The lowest BCUT2D eigenvalue weighted by atomic mass is 10.3. The van der Waals surface area contributed by atoms with Crippen LogP contribution < -0.4 is 5.73 Å². The molecular formula is C5H8N2O2S. The zero-order valence-corrected chi connectivity index (χ0v) is 6.35. The first kappa shape index (κ1) is 7.51. The van der Waals surface area contributed by atoms with Crippen molar-refractivity contribution in [3.8, 4) is 6.07 Å². The third kappa shape index (κ3) is 1.00. The molecule has 2 N–H and O–H groups in total. The fourth-order valence-electron chi connectivity index (χ4n) is 0.899. The predicted molar refractivity (Wildman–Crippen MR) is 35.8 cm³/mol. The van der Waals surface area contributed by atoms with Gasteiger partial charge < -0.3 is 5.73 Å². The predicted octanol–water partition coefficient (Wildman–Crippen LogP) is -0.976. The summed E-state index contributed by atoms with van der Waals surface area (Å²) in [7, 11) is -3.10. The molecule has 0 aromatic rings. The number of rotatable bonds is 1. The van der Waals surface area contributed by atoms with Crippen molar-refractivity contribution in [2.75, 3.05) is 6.26 Å². The van der Waals surface area contributed by atoms with Crippen LogP contribution in [-0.4, -0.2) is 25.5 Å². The number of hydrogen-bond donors (Lipinski definition) is 1. The van der Waals surface area contributed by atoms with Crippen LogP contribution in [0.5, 0.6) is 0 Å². The summed E-state index contributed by atoms with van der Waals surface area (Å²) in [4.78, 5) is 0. The van der Waals surface area contributed by atoms with Gasteiger partial charge in [0.2, 0.25) is 0 Å². The van der Waals surface area contributed by atoms with Crippen molar-refractivity contribution in [3.63, 3.8) is 0 Å². The Morgan fingerprint density at radius 2 is 2.30 bits per heavy atom. The van der Waals surface area contributed by atoms with Crippen molar-refractivity contribution in [1.29, 1.82) is 5.26 Å². The van der Waals surface area contributed by atoms with E-state index in [2.05, 4.69) is 0 Å². The summed E-state index contributed by atoms with van der Waals surface area (Å²) in [5.74, 6) is 0. The molecule has 0 bridgehead atoms. The second kappa shape index (κ2) is 1.71. The minimum Gasteiger partial charge on any atom is -0.312 e. The van der Waals surface area contributed by atoms with Crippen LogP contribution in [0.2, 0.25) is 0 Å². The average molecular weight is 160 g/mol. The molecule has 1 aliphatic rings. The summed E-state index contributed by atoms with van der Waals surface area (Å²) >= 11 is 0. The van der Waals surface area contributed by atoms with E-state index in [0.717, 1.165) is 6.26 Å². The van der Waals surface area contributed by atoms with Gasteiger partial charge in [0.25, 0.3) is 0 Å². The Kier molecular flexibility index (Phi) is 1.28. The van der Waals surface area contributed by atoms with E-state index in [0.29, 0.717) is 0 Å². The van der Waals surface area contributed by atoms with Gasteiger partial charge in [0.05, 0.1) is 11.3 Å². The van der Waals surface area contributed by atoms with Gasteiger partial charge in [-0.2, -0.15) is 5.26 Å². The smallest absolute Gasteiger partial charge is 0.153 e. The van der Waals surface area contributed by atoms with E-state index in [9.17, 15) is 8.42 Å². The van der Waals surface area contributed by atoms with E-state index in [-0.39, 0.29) is 6.42 Å². The molecule has 0 amide bonds. The molecule has 5 heteroatoms. The Bertz CT molecular complexity index is 289. The molecule has 1 aliphatic carbocycles. The minimum absolute atomic E-state index is 0.280. The molecule has 0 spiro atoms. The van der Waals surface area contributed by atoms with Crippen molar-refractivity contribution in [1.82, 2.24) is 0 Å². The zero-order chi connectivity index (χ0) is 7.99. The first-order valence-corrected chi connectivity index (χ1v) is 4.74. The summed E-state index contributed by atoms with van der Waals surface area (Å²) in [6, 6.07) is 1.77. The molecule has 1 saturated carbocycles. The molecule has 0 heterocycles. The van der Waals surface area contributed by atoms with Crippen molar-refractivity contribution in [2.24, 2.45) is 5.73 Å². The molecule has 1 fully saturated rings. The van der Waals surface area contributed by atoms with Crippen molar-refractivity contribution < 1.29 is 8.42 Å². The fraction of sp³-hybridized carbons (Fsp3) is 0.800. The number of sulfone groups is 1. The molecule has 0 saturated heterocycles. The Balaban J connectivity index is 2.83. The van der Waals surface area contributed by atoms with Crippen LogP contribution in [0.3, 0.4) is 0 Å².